The Kier molecular flexibility index (Phi) is 4.60. The molecule has 134 valence electrons. The topological polar surface area (TPSA) is 36.1 Å². The predicted molar refractivity (Wildman–Crippen MR) is 102 cm³/mol. The van der Waals surface area contributed by atoms with Gasteiger partial charge >= 0.3 is 0 Å². The third-order valence-corrected chi connectivity index (χ3v) is 5.47. The number of Topliss-reactive ketones (excluding diaryl/α,β-unsaturated/α-hetero) is 1. The number of benzene rings is 2. The zero-order valence-corrected chi connectivity index (χ0v) is 15.0. The molecule has 0 aliphatic carbocycles. The van der Waals surface area contributed by atoms with Gasteiger partial charge in [0.25, 0.3) is 0 Å². The van der Waals surface area contributed by atoms with Crippen LogP contribution in [0.2, 0.25) is 0 Å². The number of hydrogen-bond donors (Lipinski definition) is 1. The molecule has 1 fully saturated rings. The number of aromatic nitrogens is 1. The molecule has 0 bridgehead atoms. The van der Waals surface area contributed by atoms with Crippen molar-refractivity contribution in [2.75, 3.05) is 13.6 Å². The predicted octanol–water partition coefficient (Wildman–Crippen LogP) is 4.37. The molecule has 1 N–H and O–H groups in total. The number of likely N-dealkylation sites (tertiary alicyclic amines) is 1. The van der Waals surface area contributed by atoms with E-state index in [2.05, 4.69) is 29.2 Å². The van der Waals surface area contributed by atoms with Gasteiger partial charge in [-0.2, -0.15) is 0 Å². The van der Waals surface area contributed by atoms with Crippen LogP contribution in [-0.2, 0) is 12.8 Å². The Morgan fingerprint density at radius 1 is 1.27 bits per heavy atom. The summed E-state index contributed by atoms with van der Waals surface area (Å²) < 4.78 is 13.4. The summed E-state index contributed by atoms with van der Waals surface area (Å²) in [6, 6.07) is 12.6. The Morgan fingerprint density at radius 3 is 2.92 bits per heavy atom. The van der Waals surface area contributed by atoms with Gasteiger partial charge in [-0.25, -0.2) is 4.39 Å². The number of likely N-dealkylation sites (N-methyl/N-ethyl adjacent to an activating group) is 1. The van der Waals surface area contributed by atoms with E-state index in [1.807, 2.05) is 12.1 Å². The van der Waals surface area contributed by atoms with Crippen LogP contribution >= 0.6 is 0 Å². The average molecular weight is 350 g/mol. The van der Waals surface area contributed by atoms with Crippen LogP contribution in [0.25, 0.3) is 10.9 Å². The molecule has 4 rings (SSSR count). The Labute approximate surface area is 152 Å². The highest BCUT2D eigenvalue weighted by Crippen LogP contribution is 2.26. The highest BCUT2D eigenvalue weighted by Gasteiger charge is 2.22. The zero-order chi connectivity index (χ0) is 18.1. The van der Waals surface area contributed by atoms with Gasteiger partial charge in [0.15, 0.2) is 5.78 Å². The molecule has 3 nitrogen and oxygen atoms in total. The minimum absolute atomic E-state index is 0.0588. The van der Waals surface area contributed by atoms with E-state index in [1.165, 1.54) is 42.5 Å². The molecule has 0 saturated carbocycles. The van der Waals surface area contributed by atoms with Crippen LogP contribution in [0, 0.1) is 5.82 Å². The second kappa shape index (κ2) is 7.04. The number of H-pyrrole nitrogens is 1. The molecule has 1 aliphatic heterocycles. The Hall–Kier alpha value is -2.46. The molecule has 3 aromatic rings. The smallest absolute Gasteiger partial charge is 0.167 e. The summed E-state index contributed by atoms with van der Waals surface area (Å²) in [5.74, 6) is -0.434. The molecule has 0 radical (unpaired) electrons. The first-order valence-corrected chi connectivity index (χ1v) is 9.18. The maximum Gasteiger partial charge on any atom is 0.167 e. The van der Waals surface area contributed by atoms with Crippen molar-refractivity contribution in [3.8, 4) is 0 Å². The molecule has 2 aromatic carbocycles. The lowest BCUT2D eigenvalue weighted by atomic mass is 9.99. The van der Waals surface area contributed by atoms with Gasteiger partial charge in [0.1, 0.15) is 5.82 Å². The van der Waals surface area contributed by atoms with Crippen LogP contribution in [-0.4, -0.2) is 35.3 Å². The number of nitrogens with one attached hydrogen (secondary N) is 1. The summed E-state index contributed by atoms with van der Waals surface area (Å²) in [5, 5.41) is 1.19. The fourth-order valence-corrected chi connectivity index (χ4v) is 3.94. The van der Waals surface area contributed by atoms with Gasteiger partial charge in [0, 0.05) is 35.1 Å². The van der Waals surface area contributed by atoms with Crippen molar-refractivity contribution < 1.29 is 9.18 Å². The number of aromatic amines is 1. The molecule has 1 unspecified atom stereocenters. The lowest BCUT2D eigenvalue weighted by Crippen LogP contribution is -2.26. The minimum Gasteiger partial charge on any atom is -0.361 e. The molecule has 0 amide bonds. The van der Waals surface area contributed by atoms with Crippen molar-refractivity contribution in [1.82, 2.24) is 9.88 Å². The van der Waals surface area contributed by atoms with Gasteiger partial charge in [0.2, 0.25) is 0 Å². The zero-order valence-electron chi connectivity index (χ0n) is 15.0. The number of nitrogens with zero attached hydrogens (tertiary/aromatic N) is 1. The SMILES string of the molecule is CN1CCCC1Cc1c[nH]c2ccc(CC(=O)c3cccc(F)c3)cc12. The molecule has 1 atom stereocenters. The van der Waals surface area contributed by atoms with Crippen LogP contribution in [0.1, 0.15) is 34.3 Å². The van der Waals surface area contributed by atoms with E-state index in [0.29, 0.717) is 11.6 Å². The van der Waals surface area contributed by atoms with E-state index >= 15 is 0 Å². The lowest BCUT2D eigenvalue weighted by Gasteiger charge is -2.18. The summed E-state index contributed by atoms with van der Waals surface area (Å²) in [5.41, 5.74) is 3.79. The molecule has 2 heterocycles. The van der Waals surface area contributed by atoms with E-state index in [0.717, 1.165) is 17.5 Å². The Morgan fingerprint density at radius 2 is 2.15 bits per heavy atom. The number of rotatable bonds is 5. The Bertz CT molecular complexity index is 946. The first-order chi connectivity index (χ1) is 12.6. The summed E-state index contributed by atoms with van der Waals surface area (Å²) in [4.78, 5) is 18.2. The third-order valence-electron chi connectivity index (χ3n) is 5.47. The minimum atomic E-state index is -0.375. The van der Waals surface area contributed by atoms with Crippen LogP contribution in [0.5, 0.6) is 0 Å². The monoisotopic (exact) mass is 350 g/mol. The lowest BCUT2D eigenvalue weighted by molar-refractivity contribution is 0.0992. The summed E-state index contributed by atoms with van der Waals surface area (Å²) in [6.45, 7) is 1.17. The van der Waals surface area contributed by atoms with Crippen molar-refractivity contribution in [2.24, 2.45) is 0 Å². The molecule has 26 heavy (non-hydrogen) atoms. The fraction of sp³-hybridized carbons (Fsp3) is 0.318. The average Bonchev–Trinajstić information content (AvgIpc) is 3.22. The number of fused-ring (bicyclic) bond motifs is 1. The van der Waals surface area contributed by atoms with Gasteiger partial charge in [-0.15, -0.1) is 0 Å². The third kappa shape index (κ3) is 3.42. The van der Waals surface area contributed by atoms with E-state index in [-0.39, 0.29) is 18.0 Å². The van der Waals surface area contributed by atoms with Crippen molar-refractivity contribution >= 4 is 16.7 Å². The summed E-state index contributed by atoms with van der Waals surface area (Å²) in [7, 11) is 2.19. The highest BCUT2D eigenvalue weighted by atomic mass is 19.1. The first kappa shape index (κ1) is 17.0. The number of carbonyl (C=O) groups excluding carboxylic acids is 1. The number of carbonyl (C=O) groups is 1. The fourth-order valence-electron chi connectivity index (χ4n) is 3.94. The van der Waals surface area contributed by atoms with Crippen LogP contribution in [0.3, 0.4) is 0 Å². The molecule has 4 heteroatoms. The molecule has 1 aliphatic rings. The van der Waals surface area contributed by atoms with E-state index < -0.39 is 0 Å². The van der Waals surface area contributed by atoms with E-state index in [4.69, 9.17) is 0 Å². The molecule has 1 aromatic heterocycles. The van der Waals surface area contributed by atoms with Crippen molar-refractivity contribution in [3.63, 3.8) is 0 Å². The summed E-state index contributed by atoms with van der Waals surface area (Å²) in [6.07, 6.45) is 5.90. The normalized spacial score (nSPS) is 17.8. The molecule has 1 saturated heterocycles. The number of halogens is 1. The quantitative estimate of drug-likeness (QED) is 0.694. The largest absolute Gasteiger partial charge is 0.361 e. The van der Waals surface area contributed by atoms with Crippen LogP contribution in [0.4, 0.5) is 4.39 Å². The van der Waals surface area contributed by atoms with Gasteiger partial charge in [-0.1, -0.05) is 18.2 Å². The maximum atomic E-state index is 13.4. The van der Waals surface area contributed by atoms with Crippen LogP contribution < -0.4 is 0 Å². The van der Waals surface area contributed by atoms with Crippen molar-refractivity contribution in [1.29, 1.82) is 0 Å². The van der Waals surface area contributed by atoms with Crippen LogP contribution in [0.15, 0.2) is 48.7 Å². The second-order valence-corrected chi connectivity index (χ2v) is 7.28. The standard InChI is InChI=1S/C22H23FN2O/c1-25-9-3-6-19(25)13-17-14-24-21-8-7-15(10-20(17)21)11-22(26)16-4-2-5-18(23)12-16/h2,4-5,7-8,10,12,14,19,24H,3,6,9,11,13H2,1H3. The van der Waals surface area contributed by atoms with Gasteiger partial charge in [-0.3, -0.25) is 4.79 Å². The molecular formula is C22H23FN2O. The van der Waals surface area contributed by atoms with Gasteiger partial charge in [0.05, 0.1) is 0 Å². The van der Waals surface area contributed by atoms with Crippen molar-refractivity contribution in [2.45, 2.75) is 31.7 Å². The van der Waals surface area contributed by atoms with Crippen molar-refractivity contribution in [3.05, 3.63) is 71.2 Å². The number of ketones is 1. The van der Waals surface area contributed by atoms with E-state index in [1.54, 1.807) is 12.1 Å². The second-order valence-electron chi connectivity index (χ2n) is 7.28. The summed E-state index contributed by atoms with van der Waals surface area (Å²) >= 11 is 0. The maximum absolute atomic E-state index is 13.4. The van der Waals surface area contributed by atoms with Gasteiger partial charge in [-0.05, 0) is 68.2 Å². The Balaban J connectivity index is 1.56. The van der Waals surface area contributed by atoms with E-state index in [9.17, 15) is 9.18 Å². The van der Waals surface area contributed by atoms with Gasteiger partial charge < -0.3 is 9.88 Å². The highest BCUT2D eigenvalue weighted by molar-refractivity contribution is 5.98. The number of hydrogen-bond acceptors (Lipinski definition) is 2. The molecule has 0 spiro atoms. The first-order valence-electron chi connectivity index (χ1n) is 9.18. The molecular weight excluding hydrogens is 327 g/mol.